The highest BCUT2D eigenvalue weighted by molar-refractivity contribution is 6.46. The van der Waals surface area contributed by atoms with Crippen molar-refractivity contribution >= 4 is 28.8 Å². The zero-order valence-electron chi connectivity index (χ0n) is 20.5. The number of anilines is 2. The summed E-state index contributed by atoms with van der Waals surface area (Å²) in [6.45, 7) is 10.4. The topological polar surface area (TPSA) is 58.6 Å². The summed E-state index contributed by atoms with van der Waals surface area (Å²) in [6.07, 6.45) is 0. The molecule has 5 heteroatoms. The Morgan fingerprint density at radius 1 is 0.824 bits per heavy atom. The molecule has 0 bridgehead atoms. The maximum atomic E-state index is 13.7. The number of amides is 2. The number of ether oxygens (including phenoxy) is 1. The van der Waals surface area contributed by atoms with Crippen LogP contribution in [0.5, 0.6) is 5.75 Å². The highest BCUT2D eigenvalue weighted by Gasteiger charge is 2.40. The molecule has 3 aromatic carbocycles. The van der Waals surface area contributed by atoms with Crippen LogP contribution in [0.15, 0.2) is 72.4 Å². The van der Waals surface area contributed by atoms with E-state index in [1.807, 2.05) is 56.3 Å². The average molecular weight is 455 g/mol. The van der Waals surface area contributed by atoms with Crippen molar-refractivity contribution in [2.24, 2.45) is 0 Å². The standard InChI is InChI=1S/C29H30N2O3/c1-18-7-16-24(19(2)17-18)31-27(32)25(20-8-14-23(34-6)15-9-20)26(28(31)33)30-22-12-10-21(11-13-22)29(3,4)5/h7-17,30H,1-6H3. The fourth-order valence-electron chi connectivity index (χ4n) is 4.14. The first-order valence-corrected chi connectivity index (χ1v) is 11.3. The second-order valence-corrected chi connectivity index (χ2v) is 9.67. The van der Waals surface area contributed by atoms with Gasteiger partial charge in [-0.25, -0.2) is 4.90 Å². The number of hydrogen-bond donors (Lipinski definition) is 1. The minimum absolute atomic E-state index is 0.0188. The van der Waals surface area contributed by atoms with E-state index in [1.165, 1.54) is 10.5 Å². The molecule has 0 unspecified atom stereocenters. The van der Waals surface area contributed by atoms with E-state index in [0.717, 1.165) is 16.8 Å². The Balaban J connectivity index is 1.79. The summed E-state index contributed by atoms with van der Waals surface area (Å²) >= 11 is 0. The Morgan fingerprint density at radius 2 is 1.47 bits per heavy atom. The van der Waals surface area contributed by atoms with E-state index in [2.05, 4.69) is 26.1 Å². The molecule has 174 valence electrons. The zero-order valence-corrected chi connectivity index (χ0v) is 20.5. The summed E-state index contributed by atoms with van der Waals surface area (Å²) in [7, 11) is 1.59. The minimum Gasteiger partial charge on any atom is -0.497 e. The minimum atomic E-state index is -0.373. The van der Waals surface area contributed by atoms with E-state index in [9.17, 15) is 9.59 Å². The van der Waals surface area contributed by atoms with Gasteiger partial charge in [0, 0.05) is 5.69 Å². The maximum absolute atomic E-state index is 13.7. The van der Waals surface area contributed by atoms with Gasteiger partial charge in [0.25, 0.3) is 11.8 Å². The molecule has 0 spiro atoms. The zero-order chi connectivity index (χ0) is 24.6. The SMILES string of the molecule is COc1ccc(C2=C(Nc3ccc(C(C)(C)C)cc3)C(=O)N(c3ccc(C)cc3C)C2=O)cc1. The van der Waals surface area contributed by atoms with Gasteiger partial charge in [-0.15, -0.1) is 0 Å². The van der Waals surface area contributed by atoms with Gasteiger partial charge in [-0.2, -0.15) is 0 Å². The van der Waals surface area contributed by atoms with Gasteiger partial charge in [-0.1, -0.05) is 62.7 Å². The Morgan fingerprint density at radius 3 is 2.03 bits per heavy atom. The van der Waals surface area contributed by atoms with Gasteiger partial charge < -0.3 is 10.1 Å². The van der Waals surface area contributed by atoms with Gasteiger partial charge in [0.05, 0.1) is 18.4 Å². The van der Waals surface area contributed by atoms with Crippen LogP contribution in [0.2, 0.25) is 0 Å². The highest BCUT2D eigenvalue weighted by atomic mass is 16.5. The molecule has 0 radical (unpaired) electrons. The van der Waals surface area contributed by atoms with Crippen molar-refractivity contribution in [1.82, 2.24) is 0 Å². The van der Waals surface area contributed by atoms with Gasteiger partial charge in [-0.05, 0) is 66.3 Å². The van der Waals surface area contributed by atoms with Gasteiger partial charge in [0.15, 0.2) is 0 Å². The van der Waals surface area contributed by atoms with Crippen molar-refractivity contribution in [2.45, 2.75) is 40.0 Å². The third-order valence-corrected chi connectivity index (χ3v) is 6.08. The molecule has 0 fully saturated rings. The van der Waals surface area contributed by atoms with Crippen LogP contribution in [-0.4, -0.2) is 18.9 Å². The second kappa shape index (κ2) is 8.82. The molecule has 0 saturated carbocycles. The lowest BCUT2D eigenvalue weighted by Crippen LogP contribution is -2.33. The summed E-state index contributed by atoms with van der Waals surface area (Å²) in [4.78, 5) is 28.6. The van der Waals surface area contributed by atoms with E-state index < -0.39 is 0 Å². The molecule has 1 N–H and O–H groups in total. The number of hydrogen-bond acceptors (Lipinski definition) is 4. The Kier molecular flexibility index (Phi) is 6.05. The number of nitrogens with zero attached hydrogens (tertiary/aromatic N) is 1. The van der Waals surface area contributed by atoms with Gasteiger partial charge in [-0.3, -0.25) is 9.59 Å². The summed E-state index contributed by atoms with van der Waals surface area (Å²) in [5.74, 6) is -0.0433. The molecule has 34 heavy (non-hydrogen) atoms. The largest absolute Gasteiger partial charge is 0.497 e. The van der Waals surface area contributed by atoms with Crippen molar-refractivity contribution < 1.29 is 14.3 Å². The van der Waals surface area contributed by atoms with E-state index in [4.69, 9.17) is 4.74 Å². The lowest BCUT2D eigenvalue weighted by molar-refractivity contribution is -0.120. The molecule has 1 heterocycles. The second-order valence-electron chi connectivity index (χ2n) is 9.67. The summed E-state index contributed by atoms with van der Waals surface area (Å²) < 4.78 is 5.26. The lowest BCUT2D eigenvalue weighted by atomic mass is 9.87. The third-order valence-electron chi connectivity index (χ3n) is 6.08. The van der Waals surface area contributed by atoms with Crippen LogP contribution in [0.3, 0.4) is 0 Å². The average Bonchev–Trinajstić information content (AvgIpc) is 3.03. The van der Waals surface area contributed by atoms with Crippen molar-refractivity contribution in [1.29, 1.82) is 0 Å². The van der Waals surface area contributed by atoms with Crippen molar-refractivity contribution in [3.05, 3.63) is 94.7 Å². The fourth-order valence-corrected chi connectivity index (χ4v) is 4.14. The molecule has 0 atom stereocenters. The first-order valence-electron chi connectivity index (χ1n) is 11.3. The van der Waals surface area contributed by atoms with Crippen LogP contribution in [-0.2, 0) is 15.0 Å². The normalized spacial score (nSPS) is 14.1. The van der Waals surface area contributed by atoms with Crippen LogP contribution in [0.25, 0.3) is 5.57 Å². The third kappa shape index (κ3) is 4.34. The van der Waals surface area contributed by atoms with Crippen LogP contribution < -0.4 is 15.0 Å². The number of benzene rings is 3. The number of aryl methyl sites for hydroxylation is 2. The predicted octanol–water partition coefficient (Wildman–Crippen LogP) is 6.01. The van der Waals surface area contributed by atoms with Gasteiger partial charge >= 0.3 is 0 Å². The molecule has 0 saturated heterocycles. The number of nitrogens with one attached hydrogen (secondary N) is 1. The van der Waals surface area contributed by atoms with Gasteiger partial charge in [0.2, 0.25) is 0 Å². The van der Waals surface area contributed by atoms with E-state index in [-0.39, 0.29) is 22.9 Å². The summed E-state index contributed by atoms with van der Waals surface area (Å²) in [5.41, 5.74) is 5.74. The van der Waals surface area contributed by atoms with E-state index in [0.29, 0.717) is 22.6 Å². The molecule has 3 aromatic rings. The molecule has 0 aromatic heterocycles. The molecule has 2 amide bonds. The monoisotopic (exact) mass is 454 g/mol. The Hall–Kier alpha value is -3.86. The Bertz CT molecular complexity index is 1280. The summed E-state index contributed by atoms with van der Waals surface area (Å²) in [6, 6.07) is 20.8. The quantitative estimate of drug-likeness (QED) is 0.480. The number of carbonyl (C=O) groups excluding carboxylic acids is 2. The predicted molar refractivity (Wildman–Crippen MR) is 137 cm³/mol. The number of methoxy groups -OCH3 is 1. The van der Waals surface area contributed by atoms with Crippen LogP contribution in [0, 0.1) is 13.8 Å². The van der Waals surface area contributed by atoms with Crippen molar-refractivity contribution in [3.8, 4) is 5.75 Å². The number of carbonyl (C=O) groups is 2. The van der Waals surface area contributed by atoms with Crippen molar-refractivity contribution in [3.63, 3.8) is 0 Å². The molecular formula is C29H30N2O3. The molecule has 5 nitrogen and oxygen atoms in total. The number of rotatable bonds is 5. The molecule has 1 aliphatic rings. The Labute approximate surface area is 201 Å². The first-order chi connectivity index (χ1) is 16.1. The maximum Gasteiger partial charge on any atom is 0.282 e. The lowest BCUT2D eigenvalue weighted by Gasteiger charge is -2.20. The number of imide groups is 1. The highest BCUT2D eigenvalue weighted by Crippen LogP contribution is 2.36. The smallest absolute Gasteiger partial charge is 0.282 e. The van der Waals surface area contributed by atoms with Crippen LogP contribution >= 0.6 is 0 Å². The molecular weight excluding hydrogens is 424 g/mol. The molecule has 1 aliphatic heterocycles. The van der Waals surface area contributed by atoms with E-state index >= 15 is 0 Å². The summed E-state index contributed by atoms with van der Waals surface area (Å²) in [5, 5.41) is 3.24. The van der Waals surface area contributed by atoms with Crippen molar-refractivity contribution in [2.75, 3.05) is 17.3 Å². The van der Waals surface area contributed by atoms with Crippen LogP contribution in [0.1, 0.15) is 43.0 Å². The first kappa shape index (κ1) is 23.3. The molecule has 4 rings (SSSR count). The fraction of sp³-hybridized carbons (Fsp3) is 0.241. The van der Waals surface area contributed by atoms with Crippen LogP contribution in [0.4, 0.5) is 11.4 Å². The van der Waals surface area contributed by atoms with E-state index in [1.54, 1.807) is 31.4 Å². The molecule has 0 aliphatic carbocycles. The van der Waals surface area contributed by atoms with Gasteiger partial charge in [0.1, 0.15) is 11.4 Å².